The summed E-state index contributed by atoms with van der Waals surface area (Å²) in [6.07, 6.45) is 1.96. The van der Waals surface area contributed by atoms with E-state index in [0.29, 0.717) is 18.7 Å². The van der Waals surface area contributed by atoms with Crippen LogP contribution in [0.2, 0.25) is 0 Å². The van der Waals surface area contributed by atoms with E-state index in [0.717, 1.165) is 12.8 Å². The normalized spacial score (nSPS) is 17.2. The second kappa shape index (κ2) is 5.90. The molecule has 2 rings (SSSR count). The Balaban J connectivity index is 2.15. The van der Waals surface area contributed by atoms with Gasteiger partial charge in [0, 0.05) is 12.6 Å². The number of aliphatic hydroxyl groups is 1. The van der Waals surface area contributed by atoms with E-state index in [2.05, 4.69) is 10.0 Å². The maximum absolute atomic E-state index is 12.2. The number of nitrogens with one attached hydrogen (secondary N) is 2. The Morgan fingerprint density at radius 3 is 2.68 bits per heavy atom. The molecular formula is C13H20N2O3S. The largest absolute Gasteiger partial charge is 0.391 e. The van der Waals surface area contributed by atoms with Gasteiger partial charge in [0.05, 0.1) is 11.8 Å². The Kier molecular flexibility index (Phi) is 4.44. The van der Waals surface area contributed by atoms with Gasteiger partial charge in [-0.3, -0.25) is 0 Å². The van der Waals surface area contributed by atoms with Crippen molar-refractivity contribution in [3.8, 4) is 0 Å². The van der Waals surface area contributed by atoms with Gasteiger partial charge in [-0.25, -0.2) is 13.1 Å². The van der Waals surface area contributed by atoms with Crippen molar-refractivity contribution in [3.05, 3.63) is 24.3 Å². The van der Waals surface area contributed by atoms with Gasteiger partial charge in [-0.15, -0.1) is 0 Å². The van der Waals surface area contributed by atoms with Gasteiger partial charge in [0.25, 0.3) is 0 Å². The predicted octanol–water partition coefficient (Wildman–Crippen LogP) is 1.31. The molecule has 6 heteroatoms. The Morgan fingerprint density at radius 2 is 2.05 bits per heavy atom. The van der Waals surface area contributed by atoms with Crippen LogP contribution in [0.1, 0.15) is 26.2 Å². The van der Waals surface area contributed by atoms with Gasteiger partial charge < -0.3 is 10.4 Å². The van der Waals surface area contributed by atoms with E-state index >= 15 is 0 Å². The third-order valence-electron chi connectivity index (χ3n) is 3.08. The lowest BCUT2D eigenvalue weighted by Gasteiger charge is -2.15. The van der Waals surface area contributed by atoms with Crippen LogP contribution >= 0.6 is 0 Å². The van der Waals surface area contributed by atoms with E-state index in [-0.39, 0.29) is 10.9 Å². The summed E-state index contributed by atoms with van der Waals surface area (Å²) in [5.74, 6) is 0. The van der Waals surface area contributed by atoms with Crippen LogP contribution in [-0.4, -0.2) is 32.2 Å². The summed E-state index contributed by atoms with van der Waals surface area (Å²) in [7, 11) is -3.48. The fraction of sp³-hybridized carbons (Fsp3) is 0.538. The first kappa shape index (κ1) is 14.3. The van der Waals surface area contributed by atoms with Crippen LogP contribution in [0.4, 0.5) is 5.69 Å². The van der Waals surface area contributed by atoms with Crippen molar-refractivity contribution in [1.29, 1.82) is 0 Å². The van der Waals surface area contributed by atoms with Crippen molar-refractivity contribution in [2.45, 2.75) is 43.2 Å². The number of hydrogen-bond acceptors (Lipinski definition) is 4. The van der Waals surface area contributed by atoms with E-state index in [1.807, 2.05) is 6.92 Å². The second-order valence-corrected chi connectivity index (χ2v) is 6.52. The summed E-state index contributed by atoms with van der Waals surface area (Å²) in [5.41, 5.74) is 0.531. The van der Waals surface area contributed by atoms with Gasteiger partial charge in [0.15, 0.2) is 0 Å². The predicted molar refractivity (Wildman–Crippen MR) is 74.6 cm³/mol. The third-order valence-corrected chi connectivity index (χ3v) is 4.65. The number of benzene rings is 1. The molecule has 0 spiro atoms. The summed E-state index contributed by atoms with van der Waals surface area (Å²) < 4.78 is 27.1. The van der Waals surface area contributed by atoms with Crippen LogP contribution in [0.15, 0.2) is 29.2 Å². The number of anilines is 1. The SMILES string of the molecule is CCC(O)CNc1ccccc1S(=O)(=O)NC1CC1. The summed E-state index contributed by atoms with van der Waals surface area (Å²) in [6.45, 7) is 2.22. The first-order valence-electron chi connectivity index (χ1n) is 6.56. The number of para-hydroxylation sites is 1. The molecule has 0 radical (unpaired) electrons. The minimum atomic E-state index is -3.48. The lowest BCUT2D eigenvalue weighted by Crippen LogP contribution is -2.27. The van der Waals surface area contributed by atoms with Gasteiger partial charge in [-0.05, 0) is 31.4 Å². The van der Waals surface area contributed by atoms with Crippen molar-refractivity contribution < 1.29 is 13.5 Å². The highest BCUT2D eigenvalue weighted by Crippen LogP contribution is 2.25. The van der Waals surface area contributed by atoms with Crippen LogP contribution < -0.4 is 10.0 Å². The number of rotatable bonds is 7. The van der Waals surface area contributed by atoms with Gasteiger partial charge in [-0.1, -0.05) is 19.1 Å². The molecule has 106 valence electrons. The zero-order valence-corrected chi connectivity index (χ0v) is 11.8. The van der Waals surface area contributed by atoms with Gasteiger partial charge in [-0.2, -0.15) is 0 Å². The van der Waals surface area contributed by atoms with Crippen LogP contribution in [0, 0.1) is 0 Å². The Labute approximate surface area is 114 Å². The number of sulfonamides is 1. The highest BCUT2D eigenvalue weighted by atomic mass is 32.2. The van der Waals surface area contributed by atoms with Gasteiger partial charge in [0.2, 0.25) is 10.0 Å². The minimum Gasteiger partial charge on any atom is -0.391 e. The molecule has 1 fully saturated rings. The summed E-state index contributed by atoms with van der Waals surface area (Å²) >= 11 is 0. The zero-order valence-electron chi connectivity index (χ0n) is 11.0. The summed E-state index contributed by atoms with van der Waals surface area (Å²) in [4.78, 5) is 0.241. The second-order valence-electron chi connectivity index (χ2n) is 4.83. The maximum Gasteiger partial charge on any atom is 0.242 e. The molecule has 0 aromatic heterocycles. The molecule has 3 N–H and O–H groups in total. The molecule has 1 saturated carbocycles. The molecule has 1 aliphatic rings. The molecule has 0 bridgehead atoms. The van der Waals surface area contributed by atoms with Crippen LogP contribution in [0.25, 0.3) is 0 Å². The van der Waals surface area contributed by atoms with Crippen LogP contribution in [0.3, 0.4) is 0 Å². The quantitative estimate of drug-likeness (QED) is 0.705. The molecule has 1 atom stereocenters. The fourth-order valence-corrected chi connectivity index (χ4v) is 3.19. The molecule has 19 heavy (non-hydrogen) atoms. The van der Waals surface area contributed by atoms with E-state index in [9.17, 15) is 13.5 Å². The molecule has 0 heterocycles. The highest BCUT2D eigenvalue weighted by Gasteiger charge is 2.29. The van der Waals surface area contributed by atoms with Crippen LogP contribution in [0.5, 0.6) is 0 Å². The molecule has 1 aromatic rings. The van der Waals surface area contributed by atoms with E-state index in [4.69, 9.17) is 0 Å². The summed E-state index contributed by atoms with van der Waals surface area (Å²) in [6, 6.07) is 6.84. The first-order valence-corrected chi connectivity index (χ1v) is 8.04. The molecule has 0 saturated heterocycles. The molecule has 0 amide bonds. The standard InChI is InChI=1S/C13H20N2O3S/c1-2-11(16)9-14-12-5-3-4-6-13(12)19(17,18)15-10-7-8-10/h3-6,10-11,14-16H,2,7-9H2,1H3. The highest BCUT2D eigenvalue weighted by molar-refractivity contribution is 7.89. The fourth-order valence-electron chi connectivity index (χ4n) is 1.70. The number of hydrogen-bond donors (Lipinski definition) is 3. The molecule has 5 nitrogen and oxygen atoms in total. The van der Waals surface area contributed by atoms with E-state index in [1.54, 1.807) is 24.3 Å². The third kappa shape index (κ3) is 3.92. The van der Waals surface area contributed by atoms with Crippen molar-refractivity contribution in [2.24, 2.45) is 0 Å². The number of aliphatic hydroxyl groups excluding tert-OH is 1. The van der Waals surface area contributed by atoms with Crippen molar-refractivity contribution in [1.82, 2.24) is 4.72 Å². The zero-order chi connectivity index (χ0) is 13.9. The lowest BCUT2D eigenvalue weighted by molar-refractivity contribution is 0.183. The average molecular weight is 284 g/mol. The monoisotopic (exact) mass is 284 g/mol. The van der Waals surface area contributed by atoms with Gasteiger partial charge in [0.1, 0.15) is 4.90 Å². The molecule has 1 aliphatic carbocycles. The Bertz CT molecular complexity index is 526. The maximum atomic E-state index is 12.2. The Hall–Kier alpha value is -1.11. The average Bonchev–Trinajstić information content (AvgIpc) is 3.19. The molecule has 1 unspecified atom stereocenters. The minimum absolute atomic E-state index is 0.0827. The van der Waals surface area contributed by atoms with Crippen molar-refractivity contribution >= 4 is 15.7 Å². The topological polar surface area (TPSA) is 78.4 Å². The van der Waals surface area contributed by atoms with Crippen molar-refractivity contribution in [2.75, 3.05) is 11.9 Å². The molecule has 0 aliphatic heterocycles. The molecular weight excluding hydrogens is 264 g/mol. The lowest BCUT2D eigenvalue weighted by atomic mass is 10.2. The summed E-state index contributed by atoms with van der Waals surface area (Å²) in [5, 5.41) is 12.5. The molecule has 1 aromatic carbocycles. The first-order chi connectivity index (χ1) is 9.03. The van der Waals surface area contributed by atoms with Gasteiger partial charge >= 0.3 is 0 Å². The smallest absolute Gasteiger partial charge is 0.242 e. The Morgan fingerprint density at radius 1 is 1.37 bits per heavy atom. The van der Waals surface area contributed by atoms with E-state index in [1.165, 1.54) is 0 Å². The van der Waals surface area contributed by atoms with E-state index < -0.39 is 16.1 Å². The van der Waals surface area contributed by atoms with Crippen LogP contribution in [-0.2, 0) is 10.0 Å². The van der Waals surface area contributed by atoms with Crippen molar-refractivity contribution in [3.63, 3.8) is 0 Å².